The van der Waals surface area contributed by atoms with Gasteiger partial charge in [-0.3, -0.25) is 0 Å². The monoisotopic (exact) mass is 308 g/mol. The van der Waals surface area contributed by atoms with Crippen molar-refractivity contribution in [1.29, 1.82) is 0 Å². The minimum atomic E-state index is 0.0727. The molecule has 2 heteroatoms. The summed E-state index contributed by atoms with van der Waals surface area (Å²) in [5, 5.41) is 11.2. The maximum absolute atomic E-state index is 9.13. The summed E-state index contributed by atoms with van der Waals surface area (Å²) in [6.07, 6.45) is 2.14. The molecule has 0 fully saturated rings. The Kier molecular flexibility index (Phi) is 5.78. The number of aliphatic hydroxyl groups is 1. The molecule has 0 bridgehead atoms. The van der Waals surface area contributed by atoms with Crippen molar-refractivity contribution in [3.8, 4) is 5.75 Å². The third-order valence-electron chi connectivity index (χ3n) is 3.96. The van der Waals surface area contributed by atoms with Crippen molar-refractivity contribution in [2.24, 2.45) is 0 Å². The molecule has 0 saturated carbocycles. The minimum Gasteiger partial charge on any atom is -0.494 e. The SMILES string of the molecule is C=c1ccc(OCC)c/c1=C/C(C)=C(\C)c1ccc(CO)cc1. The Hall–Kier alpha value is -2.32. The molecule has 0 aliphatic rings. The van der Waals surface area contributed by atoms with E-state index in [1.165, 1.54) is 11.1 Å². The summed E-state index contributed by atoms with van der Waals surface area (Å²) in [4.78, 5) is 0. The van der Waals surface area contributed by atoms with E-state index in [1.807, 2.05) is 49.4 Å². The van der Waals surface area contributed by atoms with Crippen LogP contribution in [0.4, 0.5) is 0 Å². The Balaban J connectivity index is 2.43. The summed E-state index contributed by atoms with van der Waals surface area (Å²) in [7, 11) is 0. The van der Waals surface area contributed by atoms with Crippen LogP contribution in [-0.2, 0) is 6.61 Å². The molecule has 2 nitrogen and oxygen atoms in total. The Morgan fingerprint density at radius 2 is 1.83 bits per heavy atom. The van der Waals surface area contributed by atoms with E-state index >= 15 is 0 Å². The van der Waals surface area contributed by atoms with E-state index < -0.39 is 0 Å². The van der Waals surface area contributed by atoms with Crippen LogP contribution in [0.2, 0.25) is 0 Å². The minimum absolute atomic E-state index is 0.0727. The van der Waals surface area contributed by atoms with Crippen LogP contribution in [0.5, 0.6) is 5.75 Å². The van der Waals surface area contributed by atoms with Gasteiger partial charge in [0.05, 0.1) is 13.2 Å². The van der Waals surface area contributed by atoms with Gasteiger partial charge in [0.1, 0.15) is 5.75 Å². The molecular weight excluding hydrogens is 284 g/mol. The maximum Gasteiger partial charge on any atom is 0.119 e. The highest BCUT2D eigenvalue weighted by atomic mass is 16.5. The fraction of sp³-hybridized carbons (Fsp3) is 0.238. The van der Waals surface area contributed by atoms with Crippen LogP contribution < -0.4 is 15.2 Å². The summed E-state index contributed by atoms with van der Waals surface area (Å²) < 4.78 is 5.57. The lowest BCUT2D eigenvalue weighted by molar-refractivity contribution is 0.282. The molecule has 0 spiro atoms. The molecule has 120 valence electrons. The van der Waals surface area contributed by atoms with Crippen molar-refractivity contribution in [1.82, 2.24) is 0 Å². The van der Waals surface area contributed by atoms with E-state index in [-0.39, 0.29) is 6.61 Å². The normalized spacial score (nSPS) is 13.0. The average molecular weight is 308 g/mol. The Morgan fingerprint density at radius 1 is 1.13 bits per heavy atom. The molecule has 0 aliphatic heterocycles. The second-order valence-corrected chi connectivity index (χ2v) is 5.60. The van der Waals surface area contributed by atoms with E-state index in [4.69, 9.17) is 9.84 Å². The lowest BCUT2D eigenvalue weighted by Crippen LogP contribution is -2.22. The van der Waals surface area contributed by atoms with Crippen LogP contribution in [0.25, 0.3) is 18.2 Å². The topological polar surface area (TPSA) is 29.5 Å². The number of allylic oxidation sites excluding steroid dienone is 2. The van der Waals surface area contributed by atoms with Gasteiger partial charge in [0.15, 0.2) is 0 Å². The highest BCUT2D eigenvalue weighted by Crippen LogP contribution is 2.19. The van der Waals surface area contributed by atoms with Gasteiger partial charge in [-0.2, -0.15) is 0 Å². The highest BCUT2D eigenvalue weighted by molar-refractivity contribution is 5.74. The second-order valence-electron chi connectivity index (χ2n) is 5.60. The molecule has 2 aromatic carbocycles. The van der Waals surface area contributed by atoms with Gasteiger partial charge in [-0.05, 0) is 65.6 Å². The summed E-state index contributed by atoms with van der Waals surface area (Å²) in [5.41, 5.74) is 4.46. The molecule has 0 unspecified atom stereocenters. The predicted molar refractivity (Wildman–Crippen MR) is 97.5 cm³/mol. The van der Waals surface area contributed by atoms with Crippen LogP contribution >= 0.6 is 0 Å². The van der Waals surface area contributed by atoms with Gasteiger partial charge in [-0.25, -0.2) is 0 Å². The molecule has 0 saturated heterocycles. The van der Waals surface area contributed by atoms with E-state index in [9.17, 15) is 0 Å². The first kappa shape index (κ1) is 17.0. The number of benzene rings is 2. The van der Waals surface area contributed by atoms with Crippen molar-refractivity contribution in [2.45, 2.75) is 27.4 Å². The molecule has 0 radical (unpaired) electrons. The third kappa shape index (κ3) is 4.33. The van der Waals surface area contributed by atoms with E-state index in [0.717, 1.165) is 27.3 Å². The summed E-state index contributed by atoms with van der Waals surface area (Å²) >= 11 is 0. The average Bonchev–Trinajstić information content (AvgIpc) is 2.57. The zero-order chi connectivity index (χ0) is 16.8. The lowest BCUT2D eigenvalue weighted by atomic mass is 10.00. The zero-order valence-corrected chi connectivity index (χ0v) is 14.1. The number of rotatable bonds is 5. The van der Waals surface area contributed by atoms with Gasteiger partial charge in [0.25, 0.3) is 0 Å². The van der Waals surface area contributed by atoms with Crippen LogP contribution in [0, 0.1) is 0 Å². The highest BCUT2D eigenvalue weighted by Gasteiger charge is 2.00. The Labute approximate surface area is 138 Å². The quantitative estimate of drug-likeness (QED) is 0.918. The molecule has 0 aromatic heterocycles. The van der Waals surface area contributed by atoms with Crippen molar-refractivity contribution in [2.75, 3.05) is 6.61 Å². The van der Waals surface area contributed by atoms with E-state index in [0.29, 0.717) is 6.61 Å². The van der Waals surface area contributed by atoms with Crippen molar-refractivity contribution >= 4 is 18.2 Å². The standard InChI is InChI=1S/C21H24O2/c1-5-23-21-11-6-15(2)20(13-21)12-16(3)17(4)19-9-7-18(14-22)8-10-19/h6-13,22H,2,5,14H2,1,3-4H3/b17-16+,20-12-. The van der Waals surface area contributed by atoms with Gasteiger partial charge in [-0.15, -0.1) is 0 Å². The van der Waals surface area contributed by atoms with Gasteiger partial charge in [0.2, 0.25) is 0 Å². The van der Waals surface area contributed by atoms with Gasteiger partial charge in [-0.1, -0.05) is 43.0 Å². The Morgan fingerprint density at radius 3 is 2.43 bits per heavy atom. The fourth-order valence-corrected chi connectivity index (χ4v) is 2.39. The molecular formula is C21H24O2. The summed E-state index contributed by atoms with van der Waals surface area (Å²) in [5.74, 6) is 0.865. The molecule has 23 heavy (non-hydrogen) atoms. The smallest absolute Gasteiger partial charge is 0.119 e. The first-order valence-electron chi connectivity index (χ1n) is 7.86. The molecule has 0 aliphatic carbocycles. The van der Waals surface area contributed by atoms with Crippen molar-refractivity contribution in [3.05, 3.63) is 69.6 Å². The van der Waals surface area contributed by atoms with Crippen molar-refractivity contribution < 1.29 is 9.84 Å². The first-order valence-corrected chi connectivity index (χ1v) is 7.86. The van der Waals surface area contributed by atoms with Crippen LogP contribution in [-0.4, -0.2) is 11.7 Å². The molecule has 1 N–H and O–H groups in total. The number of aliphatic hydroxyl groups excluding tert-OH is 1. The van der Waals surface area contributed by atoms with Crippen LogP contribution in [0.1, 0.15) is 31.9 Å². The van der Waals surface area contributed by atoms with E-state index in [1.54, 1.807) is 0 Å². The van der Waals surface area contributed by atoms with Gasteiger partial charge < -0.3 is 9.84 Å². The molecule has 0 amide bonds. The molecule has 2 rings (SSSR count). The van der Waals surface area contributed by atoms with Gasteiger partial charge in [0, 0.05) is 0 Å². The number of hydrogen-bond acceptors (Lipinski definition) is 2. The second kappa shape index (κ2) is 7.80. The maximum atomic E-state index is 9.13. The Bertz CT molecular complexity index is 799. The van der Waals surface area contributed by atoms with Gasteiger partial charge >= 0.3 is 0 Å². The number of ether oxygens (including phenoxy) is 1. The predicted octanol–water partition coefficient (Wildman–Crippen LogP) is 3.26. The molecule has 2 aromatic rings. The van der Waals surface area contributed by atoms with Crippen LogP contribution in [0.3, 0.4) is 0 Å². The zero-order valence-electron chi connectivity index (χ0n) is 14.1. The fourth-order valence-electron chi connectivity index (χ4n) is 2.39. The van der Waals surface area contributed by atoms with Crippen LogP contribution in [0.15, 0.2) is 48.0 Å². The molecule has 0 heterocycles. The largest absolute Gasteiger partial charge is 0.494 e. The first-order chi connectivity index (χ1) is 11.0. The molecule has 0 atom stereocenters. The summed E-state index contributed by atoms with van der Waals surface area (Å²) in [6, 6.07) is 13.9. The van der Waals surface area contributed by atoms with Crippen molar-refractivity contribution in [3.63, 3.8) is 0 Å². The lowest BCUT2D eigenvalue weighted by Gasteiger charge is -2.07. The third-order valence-corrected chi connectivity index (χ3v) is 3.96. The summed E-state index contributed by atoms with van der Waals surface area (Å²) in [6.45, 7) is 11.0. The van der Waals surface area contributed by atoms with E-state index in [2.05, 4.69) is 26.5 Å². The number of hydrogen-bond donors (Lipinski definition) is 1.